The normalized spacial score (nSPS) is 14.2. The van der Waals surface area contributed by atoms with Gasteiger partial charge in [0.2, 0.25) is 0 Å². The van der Waals surface area contributed by atoms with Crippen molar-refractivity contribution in [2.45, 2.75) is 78.1 Å². The van der Waals surface area contributed by atoms with Gasteiger partial charge in [-0.05, 0) is 155 Å². The third kappa shape index (κ3) is 6.37. The van der Waals surface area contributed by atoms with Crippen LogP contribution in [0, 0.1) is 6.92 Å². The summed E-state index contributed by atoms with van der Waals surface area (Å²) in [5, 5.41) is 0. The number of benzene rings is 9. The summed E-state index contributed by atoms with van der Waals surface area (Å²) in [6.07, 6.45) is 0. The molecule has 9 aromatic carbocycles. The zero-order valence-electron chi connectivity index (χ0n) is 43.6. The molecule has 74 heavy (non-hydrogen) atoms. The number of aryl methyl sites for hydroxylation is 1. The van der Waals surface area contributed by atoms with Gasteiger partial charge >= 0.3 is 0 Å². The van der Waals surface area contributed by atoms with Crippen LogP contribution in [0.4, 0.5) is 34.1 Å². The molecule has 0 saturated carbocycles. The first-order chi connectivity index (χ1) is 35.9. The molecule has 4 aliphatic rings. The van der Waals surface area contributed by atoms with E-state index in [0.717, 1.165) is 0 Å². The smallest absolute Gasteiger partial charge is 0.264 e. The molecular weight excluding hydrogens is 912 g/mol. The molecule has 0 atom stereocenters. The zero-order valence-corrected chi connectivity index (χ0v) is 44.4. The quantitative estimate of drug-likeness (QED) is 0.153. The Morgan fingerprint density at radius 2 is 1.05 bits per heavy atom. The van der Waals surface area contributed by atoms with Crippen LogP contribution in [0.3, 0.4) is 0 Å². The monoisotopic (exact) mass is 970 g/mol. The van der Waals surface area contributed by atoms with E-state index in [4.69, 9.17) is 0 Å². The van der Waals surface area contributed by atoms with E-state index in [2.05, 4.69) is 277 Å². The van der Waals surface area contributed by atoms with Gasteiger partial charge in [0, 0.05) is 43.7 Å². The Balaban J connectivity index is 1.10. The molecule has 1 spiro atoms. The molecule has 0 amide bonds. The molecule has 0 N–H and O–H groups in total. The van der Waals surface area contributed by atoms with Crippen molar-refractivity contribution in [3.63, 3.8) is 0 Å². The fraction of sp³-hybridized carbons (Fsp3) is 0.171. The molecule has 4 heteroatoms. The average molecular weight is 971 g/mol. The predicted octanol–water partition coefficient (Wildman–Crippen LogP) is 17.4. The van der Waals surface area contributed by atoms with Crippen LogP contribution in [0.2, 0.25) is 0 Å². The van der Waals surface area contributed by atoms with E-state index >= 15 is 0 Å². The average Bonchev–Trinajstić information content (AvgIpc) is 4.11. The number of anilines is 6. The van der Waals surface area contributed by atoms with Crippen molar-refractivity contribution in [1.82, 2.24) is 0 Å². The number of para-hydroxylation sites is 1. The number of fused-ring (bicyclic) bond motifs is 15. The van der Waals surface area contributed by atoms with Gasteiger partial charge in [-0.15, -0.1) is 11.3 Å². The summed E-state index contributed by atoms with van der Waals surface area (Å²) in [4.78, 5) is 6.69. The topological polar surface area (TPSA) is 6.48 Å². The fourth-order valence-corrected chi connectivity index (χ4v) is 14.9. The van der Waals surface area contributed by atoms with Crippen molar-refractivity contribution < 1.29 is 0 Å². The second-order valence-corrected chi connectivity index (χ2v) is 23.9. The highest BCUT2D eigenvalue weighted by atomic mass is 32.1. The summed E-state index contributed by atoms with van der Waals surface area (Å²) in [6, 6.07) is 77.2. The Hall–Kier alpha value is -7.66. The Labute approximate surface area is 441 Å². The van der Waals surface area contributed by atoms with Crippen LogP contribution < -0.4 is 25.5 Å². The van der Waals surface area contributed by atoms with Crippen molar-refractivity contribution in [2.24, 2.45) is 0 Å². The Kier molecular flexibility index (Phi) is 9.99. The molecular formula is C70H59BN2S. The molecule has 0 radical (unpaired) electrons. The van der Waals surface area contributed by atoms with Crippen LogP contribution in [0.5, 0.6) is 0 Å². The highest BCUT2D eigenvalue weighted by molar-refractivity contribution is 7.30. The van der Waals surface area contributed by atoms with Crippen LogP contribution in [-0.2, 0) is 10.8 Å². The van der Waals surface area contributed by atoms with E-state index in [1.165, 1.54) is 138 Å². The summed E-state index contributed by atoms with van der Waals surface area (Å²) >= 11 is 2.07. The molecule has 1 aromatic heterocycles. The fourth-order valence-electron chi connectivity index (χ4n) is 13.2. The standard InChI is InChI=1S/C70H59BN2S/c1-42(2)46-27-34-52(45-19-11-9-12-20-45)56(39-46)48-29-36-60-61(41-48)72(51-32-30-49(31-33-51)69(6,7)8)62-37-44(5)38-63-65(62)71(60)68-66(73(63)50-21-13-10-14-22-50)64-55-35-28-47(43(3)4)40-59(55)70(67(64)74-68)57-25-17-15-23-53(57)54-24-16-18-26-58(54)70/h9-43H,1-8H3. The molecule has 0 bridgehead atoms. The van der Waals surface area contributed by atoms with Gasteiger partial charge in [0.15, 0.2) is 0 Å². The van der Waals surface area contributed by atoms with Crippen LogP contribution in [0.25, 0.3) is 44.5 Å². The van der Waals surface area contributed by atoms with E-state index in [9.17, 15) is 0 Å². The SMILES string of the molecule is Cc1cc2c3c(c1)N(c1ccccc1)c1c(sc4c1-c1ccc(C(C)C)cc1C41c4ccccc4-c4ccccc41)B3c1ccc(-c3cc(C(C)C)ccc3-c3ccccc3)cc1N2c1ccc(C(C)(C)C)cc1. The maximum atomic E-state index is 2.66. The highest BCUT2D eigenvalue weighted by Crippen LogP contribution is 2.67. The maximum absolute atomic E-state index is 2.66. The third-order valence-corrected chi connectivity index (χ3v) is 18.2. The van der Waals surface area contributed by atoms with Gasteiger partial charge in [0.1, 0.15) is 0 Å². The number of thiophene rings is 1. The lowest BCUT2D eigenvalue weighted by atomic mass is 9.36. The number of hydrogen-bond donors (Lipinski definition) is 0. The Morgan fingerprint density at radius 1 is 0.473 bits per heavy atom. The molecule has 2 nitrogen and oxygen atoms in total. The van der Waals surface area contributed by atoms with E-state index in [-0.39, 0.29) is 12.1 Å². The first-order valence-electron chi connectivity index (χ1n) is 26.7. The van der Waals surface area contributed by atoms with Gasteiger partial charge in [-0.1, -0.05) is 206 Å². The van der Waals surface area contributed by atoms with E-state index < -0.39 is 5.41 Å². The molecule has 0 fully saturated rings. The van der Waals surface area contributed by atoms with E-state index in [0.29, 0.717) is 11.8 Å². The molecule has 0 unspecified atom stereocenters. The van der Waals surface area contributed by atoms with Gasteiger partial charge in [-0.2, -0.15) is 0 Å². The molecule has 2 aliphatic carbocycles. The van der Waals surface area contributed by atoms with Crippen molar-refractivity contribution in [1.29, 1.82) is 0 Å². The molecule has 3 heterocycles. The summed E-state index contributed by atoms with van der Waals surface area (Å²) < 4.78 is 1.40. The zero-order chi connectivity index (χ0) is 50.4. The Bertz CT molecular complexity index is 3870. The second kappa shape index (κ2) is 16.4. The number of hydrogen-bond acceptors (Lipinski definition) is 3. The minimum Gasteiger partial charge on any atom is -0.311 e. The Morgan fingerprint density at radius 3 is 1.70 bits per heavy atom. The maximum Gasteiger partial charge on any atom is 0.264 e. The van der Waals surface area contributed by atoms with Gasteiger partial charge in [0.05, 0.1) is 11.1 Å². The molecule has 358 valence electrons. The summed E-state index contributed by atoms with van der Waals surface area (Å²) in [7, 11) is 0. The van der Waals surface area contributed by atoms with Crippen molar-refractivity contribution in [2.75, 3.05) is 9.80 Å². The lowest BCUT2D eigenvalue weighted by molar-refractivity contribution is 0.590. The van der Waals surface area contributed by atoms with Gasteiger partial charge in [-0.25, -0.2) is 0 Å². The number of nitrogens with zero attached hydrogens (tertiary/aromatic N) is 2. The largest absolute Gasteiger partial charge is 0.311 e. The third-order valence-electron chi connectivity index (χ3n) is 16.8. The van der Waals surface area contributed by atoms with Gasteiger partial charge < -0.3 is 9.80 Å². The molecule has 2 aliphatic heterocycles. The van der Waals surface area contributed by atoms with Crippen molar-refractivity contribution >= 4 is 67.9 Å². The lowest BCUT2D eigenvalue weighted by Crippen LogP contribution is -2.60. The molecule has 14 rings (SSSR count). The summed E-state index contributed by atoms with van der Waals surface area (Å²) in [5.74, 6) is 0.777. The predicted molar refractivity (Wildman–Crippen MR) is 317 cm³/mol. The molecule has 10 aromatic rings. The number of rotatable bonds is 6. The summed E-state index contributed by atoms with van der Waals surface area (Å²) in [5.41, 5.74) is 29.4. The van der Waals surface area contributed by atoms with Gasteiger partial charge in [0.25, 0.3) is 6.71 Å². The van der Waals surface area contributed by atoms with Crippen LogP contribution in [0.1, 0.15) is 104 Å². The second-order valence-electron chi connectivity index (χ2n) is 22.9. The first-order valence-corrected chi connectivity index (χ1v) is 27.5. The lowest BCUT2D eigenvalue weighted by Gasteiger charge is -2.44. The van der Waals surface area contributed by atoms with Crippen LogP contribution in [0.15, 0.2) is 200 Å². The van der Waals surface area contributed by atoms with E-state index in [1.54, 1.807) is 0 Å². The summed E-state index contributed by atoms with van der Waals surface area (Å²) in [6.45, 7) is 18.5. The van der Waals surface area contributed by atoms with Crippen molar-refractivity contribution in [3.05, 3.63) is 244 Å². The van der Waals surface area contributed by atoms with Crippen LogP contribution in [-0.4, -0.2) is 6.71 Å². The minimum absolute atomic E-state index is 0.0210. The van der Waals surface area contributed by atoms with E-state index in [1.807, 2.05) is 0 Å². The minimum atomic E-state index is -0.477. The van der Waals surface area contributed by atoms with Crippen molar-refractivity contribution in [3.8, 4) is 44.5 Å². The van der Waals surface area contributed by atoms with Crippen LogP contribution >= 0.6 is 11.3 Å². The van der Waals surface area contributed by atoms with Gasteiger partial charge in [-0.3, -0.25) is 0 Å². The molecule has 0 saturated heterocycles. The highest BCUT2D eigenvalue weighted by Gasteiger charge is 2.57. The first kappa shape index (κ1) is 45.0.